The summed E-state index contributed by atoms with van der Waals surface area (Å²) >= 11 is 1.53. The van der Waals surface area contributed by atoms with Crippen molar-refractivity contribution in [1.29, 1.82) is 0 Å². The highest BCUT2D eigenvalue weighted by molar-refractivity contribution is 8.00. The highest BCUT2D eigenvalue weighted by Gasteiger charge is 2.14. The van der Waals surface area contributed by atoms with Crippen LogP contribution in [0.15, 0.2) is 72.1 Å². The molecule has 0 saturated carbocycles. The molecule has 3 nitrogen and oxygen atoms in total. The fourth-order valence-electron chi connectivity index (χ4n) is 1.82. The molecule has 1 amide bonds. The molecule has 2 rings (SSSR count). The Morgan fingerprint density at radius 2 is 2.05 bits per heavy atom. The van der Waals surface area contributed by atoms with Crippen molar-refractivity contribution in [3.05, 3.63) is 67.3 Å². The van der Waals surface area contributed by atoms with Gasteiger partial charge in [-0.05, 0) is 31.2 Å². The van der Waals surface area contributed by atoms with E-state index < -0.39 is 0 Å². The molecule has 0 unspecified atom stereocenters. The summed E-state index contributed by atoms with van der Waals surface area (Å²) in [5.74, 6) is 0.677. The number of benzene rings is 2. The van der Waals surface area contributed by atoms with Crippen molar-refractivity contribution in [3.8, 4) is 5.75 Å². The van der Waals surface area contributed by atoms with Gasteiger partial charge in [0, 0.05) is 16.6 Å². The molecule has 2 aromatic carbocycles. The van der Waals surface area contributed by atoms with Gasteiger partial charge in [-0.25, -0.2) is 0 Å². The number of nitrogens with one attached hydrogen (secondary N) is 1. The lowest BCUT2D eigenvalue weighted by atomic mass is 10.3. The number of amides is 1. The number of hydrogen-bond acceptors (Lipinski definition) is 3. The van der Waals surface area contributed by atoms with Crippen LogP contribution < -0.4 is 10.1 Å². The van der Waals surface area contributed by atoms with Crippen LogP contribution in [0.4, 0.5) is 5.69 Å². The van der Waals surface area contributed by atoms with Gasteiger partial charge in [-0.15, -0.1) is 11.8 Å². The van der Waals surface area contributed by atoms with E-state index in [2.05, 4.69) is 11.9 Å². The van der Waals surface area contributed by atoms with E-state index in [1.165, 1.54) is 11.8 Å². The molecule has 0 aliphatic heterocycles. The molecule has 0 bridgehead atoms. The number of rotatable bonds is 7. The second-order valence-electron chi connectivity index (χ2n) is 4.69. The fourth-order valence-corrected chi connectivity index (χ4v) is 2.71. The van der Waals surface area contributed by atoms with Crippen LogP contribution >= 0.6 is 11.8 Å². The van der Waals surface area contributed by atoms with E-state index in [0.29, 0.717) is 12.4 Å². The molecule has 1 atom stereocenters. The summed E-state index contributed by atoms with van der Waals surface area (Å²) in [4.78, 5) is 13.3. The fraction of sp³-hybridized carbons (Fsp3) is 0.167. The topological polar surface area (TPSA) is 38.3 Å². The zero-order chi connectivity index (χ0) is 15.8. The summed E-state index contributed by atoms with van der Waals surface area (Å²) in [7, 11) is 0. The van der Waals surface area contributed by atoms with Crippen molar-refractivity contribution in [3.63, 3.8) is 0 Å². The maximum atomic E-state index is 12.3. The zero-order valence-corrected chi connectivity index (χ0v) is 13.3. The van der Waals surface area contributed by atoms with Crippen LogP contribution in [0, 0.1) is 0 Å². The van der Waals surface area contributed by atoms with Crippen LogP contribution in [-0.4, -0.2) is 17.8 Å². The van der Waals surface area contributed by atoms with E-state index in [0.717, 1.165) is 10.6 Å². The maximum absolute atomic E-state index is 12.3. The quantitative estimate of drug-likeness (QED) is 0.609. The minimum Gasteiger partial charge on any atom is -0.489 e. The summed E-state index contributed by atoms with van der Waals surface area (Å²) in [6.45, 7) is 5.95. The minimum atomic E-state index is -0.180. The van der Waals surface area contributed by atoms with E-state index in [1.807, 2.05) is 55.5 Å². The molecule has 114 valence electrons. The number of anilines is 1. The lowest BCUT2D eigenvalue weighted by molar-refractivity contribution is -0.115. The largest absolute Gasteiger partial charge is 0.489 e. The third-order valence-corrected chi connectivity index (χ3v) is 4.01. The van der Waals surface area contributed by atoms with E-state index in [9.17, 15) is 4.79 Å². The van der Waals surface area contributed by atoms with Gasteiger partial charge in [0.1, 0.15) is 12.4 Å². The lowest BCUT2D eigenvalue weighted by Crippen LogP contribution is -2.22. The summed E-state index contributed by atoms with van der Waals surface area (Å²) in [5.41, 5.74) is 0.729. The van der Waals surface area contributed by atoms with E-state index in [1.54, 1.807) is 12.1 Å². The summed E-state index contributed by atoms with van der Waals surface area (Å²) in [6.07, 6.45) is 1.68. The van der Waals surface area contributed by atoms with Gasteiger partial charge in [0.05, 0.1) is 5.25 Å². The predicted octanol–water partition coefficient (Wildman–Crippen LogP) is 4.37. The first-order valence-corrected chi connectivity index (χ1v) is 7.93. The second-order valence-corrected chi connectivity index (χ2v) is 6.10. The van der Waals surface area contributed by atoms with Crippen molar-refractivity contribution in [1.82, 2.24) is 0 Å². The average Bonchev–Trinajstić information content (AvgIpc) is 2.54. The Hall–Kier alpha value is -2.20. The number of carbonyl (C=O) groups excluding carboxylic acids is 1. The first-order chi connectivity index (χ1) is 10.7. The van der Waals surface area contributed by atoms with Crippen molar-refractivity contribution >= 4 is 23.4 Å². The Morgan fingerprint density at radius 3 is 2.77 bits per heavy atom. The first kappa shape index (κ1) is 16.2. The Labute approximate surface area is 135 Å². The molecule has 0 saturated heterocycles. The van der Waals surface area contributed by atoms with Crippen molar-refractivity contribution in [2.24, 2.45) is 0 Å². The Bertz CT molecular complexity index is 628. The highest BCUT2D eigenvalue weighted by Crippen LogP contribution is 2.24. The molecule has 22 heavy (non-hydrogen) atoms. The van der Waals surface area contributed by atoms with Crippen molar-refractivity contribution < 1.29 is 9.53 Å². The molecule has 0 aliphatic rings. The SMILES string of the molecule is C=CCOc1cccc(NC(=O)[C@H](C)Sc2ccccc2)c1. The number of hydrogen-bond donors (Lipinski definition) is 1. The number of carbonyl (C=O) groups is 1. The van der Waals surface area contributed by atoms with Crippen LogP contribution in [0.1, 0.15) is 6.92 Å². The molecule has 2 aromatic rings. The normalized spacial score (nSPS) is 11.5. The Morgan fingerprint density at radius 1 is 1.27 bits per heavy atom. The smallest absolute Gasteiger partial charge is 0.237 e. The van der Waals surface area contributed by atoms with Gasteiger partial charge in [-0.1, -0.05) is 36.9 Å². The van der Waals surface area contributed by atoms with Gasteiger partial charge in [0.15, 0.2) is 0 Å². The molecule has 1 N–H and O–H groups in total. The molecule has 0 fully saturated rings. The van der Waals surface area contributed by atoms with E-state index in [-0.39, 0.29) is 11.2 Å². The third kappa shape index (κ3) is 4.97. The highest BCUT2D eigenvalue weighted by atomic mass is 32.2. The van der Waals surface area contributed by atoms with Gasteiger partial charge in [0.2, 0.25) is 5.91 Å². The Balaban J connectivity index is 1.94. The molecule has 0 heterocycles. The standard InChI is InChI=1S/C18H19NO2S/c1-3-12-21-16-9-7-8-15(13-16)19-18(20)14(2)22-17-10-5-4-6-11-17/h3-11,13-14H,1,12H2,2H3,(H,19,20)/t14-/m0/s1. The first-order valence-electron chi connectivity index (χ1n) is 7.05. The summed E-state index contributed by atoms with van der Waals surface area (Å²) < 4.78 is 5.46. The van der Waals surface area contributed by atoms with Crippen molar-refractivity contribution in [2.75, 3.05) is 11.9 Å². The van der Waals surface area contributed by atoms with Crippen molar-refractivity contribution in [2.45, 2.75) is 17.1 Å². The van der Waals surface area contributed by atoms with E-state index >= 15 is 0 Å². The second kappa shape index (κ2) is 8.29. The van der Waals surface area contributed by atoms with Crippen LogP contribution in [0.25, 0.3) is 0 Å². The molecule has 0 aromatic heterocycles. The van der Waals surface area contributed by atoms with Gasteiger partial charge in [-0.3, -0.25) is 4.79 Å². The number of thioether (sulfide) groups is 1. The molecule has 0 radical (unpaired) electrons. The molecular weight excluding hydrogens is 294 g/mol. The summed E-state index contributed by atoms with van der Waals surface area (Å²) in [6, 6.07) is 17.2. The maximum Gasteiger partial charge on any atom is 0.237 e. The Kier molecular flexibility index (Phi) is 6.10. The lowest BCUT2D eigenvalue weighted by Gasteiger charge is -2.13. The zero-order valence-electron chi connectivity index (χ0n) is 12.5. The molecule has 4 heteroatoms. The minimum absolute atomic E-state index is 0.0327. The molecule has 0 aliphatic carbocycles. The van der Waals surface area contributed by atoms with E-state index in [4.69, 9.17) is 4.74 Å². The summed E-state index contributed by atoms with van der Waals surface area (Å²) in [5, 5.41) is 2.73. The molecular formula is C18H19NO2S. The van der Waals surface area contributed by atoms with Crippen LogP contribution in [0.3, 0.4) is 0 Å². The van der Waals surface area contributed by atoms with Gasteiger partial charge >= 0.3 is 0 Å². The monoisotopic (exact) mass is 313 g/mol. The van der Waals surface area contributed by atoms with Gasteiger partial charge in [0.25, 0.3) is 0 Å². The third-order valence-electron chi connectivity index (χ3n) is 2.89. The van der Waals surface area contributed by atoms with Gasteiger partial charge in [-0.2, -0.15) is 0 Å². The van der Waals surface area contributed by atoms with Crippen LogP contribution in [0.2, 0.25) is 0 Å². The predicted molar refractivity (Wildman–Crippen MR) is 92.5 cm³/mol. The van der Waals surface area contributed by atoms with Crippen LogP contribution in [0.5, 0.6) is 5.75 Å². The number of ether oxygens (including phenoxy) is 1. The van der Waals surface area contributed by atoms with Gasteiger partial charge < -0.3 is 10.1 Å². The molecule has 0 spiro atoms. The van der Waals surface area contributed by atoms with Crippen LogP contribution in [-0.2, 0) is 4.79 Å². The average molecular weight is 313 g/mol.